The molecule has 5 heteroatoms. The number of halogens is 1. The monoisotopic (exact) mass is 355 g/mol. The highest BCUT2D eigenvalue weighted by atomic mass is 19.1. The van der Waals surface area contributed by atoms with E-state index >= 15 is 0 Å². The maximum absolute atomic E-state index is 13.2. The molecule has 1 aromatic heterocycles. The zero-order valence-electron chi connectivity index (χ0n) is 15.6. The predicted octanol–water partition coefficient (Wildman–Crippen LogP) is 4.40. The van der Waals surface area contributed by atoms with Gasteiger partial charge in [0.25, 0.3) is 5.91 Å². The smallest absolute Gasteiger partial charge is 0.274 e. The van der Waals surface area contributed by atoms with Crippen LogP contribution in [0.25, 0.3) is 0 Å². The second-order valence-corrected chi connectivity index (χ2v) is 8.73. The topological polar surface area (TPSA) is 49.0 Å². The molecule has 2 aromatic rings. The number of amides is 1. The fourth-order valence-electron chi connectivity index (χ4n) is 4.46. The van der Waals surface area contributed by atoms with Crippen LogP contribution in [0.1, 0.15) is 74.1 Å². The number of piperidine rings is 1. The number of nitrogens with zero attached hydrogens (tertiary/aromatic N) is 2. The Morgan fingerprint density at radius 3 is 2.31 bits per heavy atom. The van der Waals surface area contributed by atoms with Gasteiger partial charge in [-0.25, -0.2) is 4.39 Å². The van der Waals surface area contributed by atoms with Crippen LogP contribution in [0, 0.1) is 5.82 Å². The van der Waals surface area contributed by atoms with Crippen molar-refractivity contribution in [1.29, 1.82) is 0 Å². The fraction of sp³-hybridized carbons (Fsp3) is 0.524. The van der Waals surface area contributed by atoms with Crippen LogP contribution in [-0.4, -0.2) is 33.1 Å². The molecule has 1 amide bonds. The molecule has 0 saturated carbocycles. The number of carbonyl (C=O) groups excluding carboxylic acids is 1. The number of hydrogen-bond acceptors (Lipinski definition) is 2. The van der Waals surface area contributed by atoms with Gasteiger partial charge >= 0.3 is 0 Å². The van der Waals surface area contributed by atoms with Gasteiger partial charge in [0.1, 0.15) is 11.5 Å². The average Bonchev–Trinajstić information content (AvgIpc) is 3.18. The Morgan fingerprint density at radius 2 is 1.77 bits per heavy atom. The molecule has 2 aliphatic rings. The number of aromatic amines is 1. The third-order valence-corrected chi connectivity index (χ3v) is 5.91. The number of benzene rings is 1. The standard InChI is InChI=1S/C21H26FN3O/c1-21(2,3)19-12-18(23-24-19)20(26)25-16-8-9-17(25)11-14(10-16)13-4-6-15(22)7-5-13/h4-7,12,14,16-17H,8-11H2,1-3H3,(H,23,24)/t16-,17-/m0/s1. The molecule has 3 heterocycles. The Labute approximate surface area is 153 Å². The molecular formula is C21H26FN3O. The van der Waals surface area contributed by atoms with Crippen LogP contribution in [0.4, 0.5) is 4.39 Å². The van der Waals surface area contributed by atoms with E-state index in [1.165, 1.54) is 17.7 Å². The van der Waals surface area contributed by atoms with Gasteiger partial charge in [-0.2, -0.15) is 5.10 Å². The first-order chi connectivity index (χ1) is 12.3. The lowest BCUT2D eigenvalue weighted by Gasteiger charge is -2.39. The molecule has 1 aromatic carbocycles. The first-order valence-corrected chi connectivity index (χ1v) is 9.47. The minimum absolute atomic E-state index is 0.0433. The molecule has 0 radical (unpaired) electrons. The van der Waals surface area contributed by atoms with Gasteiger partial charge < -0.3 is 4.90 Å². The van der Waals surface area contributed by atoms with Crippen LogP contribution in [0.3, 0.4) is 0 Å². The van der Waals surface area contributed by atoms with E-state index < -0.39 is 0 Å². The summed E-state index contributed by atoms with van der Waals surface area (Å²) in [5, 5.41) is 7.31. The molecule has 0 spiro atoms. The summed E-state index contributed by atoms with van der Waals surface area (Å²) < 4.78 is 13.2. The number of H-pyrrole nitrogens is 1. The second kappa shape index (κ2) is 6.22. The molecule has 26 heavy (non-hydrogen) atoms. The molecule has 138 valence electrons. The van der Waals surface area contributed by atoms with E-state index in [1.807, 2.05) is 18.2 Å². The van der Waals surface area contributed by atoms with Crippen LogP contribution >= 0.6 is 0 Å². The van der Waals surface area contributed by atoms with E-state index in [-0.39, 0.29) is 29.2 Å². The van der Waals surface area contributed by atoms with Gasteiger partial charge in [0, 0.05) is 23.2 Å². The molecule has 1 N–H and O–H groups in total. The maximum atomic E-state index is 13.2. The Balaban J connectivity index is 1.52. The van der Waals surface area contributed by atoms with Crippen molar-refractivity contribution in [2.75, 3.05) is 0 Å². The third kappa shape index (κ3) is 3.04. The molecule has 0 unspecified atom stereocenters. The number of hydrogen-bond donors (Lipinski definition) is 1. The molecule has 2 atom stereocenters. The summed E-state index contributed by atoms with van der Waals surface area (Å²) in [4.78, 5) is 15.1. The summed E-state index contributed by atoms with van der Waals surface area (Å²) >= 11 is 0. The van der Waals surface area contributed by atoms with E-state index in [2.05, 4.69) is 35.9 Å². The normalized spacial score (nSPS) is 25.5. The minimum atomic E-state index is -0.197. The molecule has 2 bridgehead atoms. The highest BCUT2D eigenvalue weighted by Crippen LogP contribution is 2.43. The van der Waals surface area contributed by atoms with E-state index in [4.69, 9.17) is 0 Å². The molecule has 2 aliphatic heterocycles. The summed E-state index contributed by atoms with van der Waals surface area (Å²) in [6.07, 6.45) is 3.99. The van der Waals surface area contributed by atoms with Gasteiger partial charge in [-0.1, -0.05) is 32.9 Å². The van der Waals surface area contributed by atoms with Gasteiger partial charge in [-0.05, 0) is 55.4 Å². The van der Waals surface area contributed by atoms with Gasteiger partial charge in [0.15, 0.2) is 0 Å². The van der Waals surface area contributed by atoms with Gasteiger partial charge in [0.2, 0.25) is 0 Å². The summed E-state index contributed by atoms with van der Waals surface area (Å²) in [5.74, 6) is 0.251. The summed E-state index contributed by atoms with van der Waals surface area (Å²) in [7, 11) is 0. The lowest BCUT2D eigenvalue weighted by molar-refractivity contribution is 0.0565. The van der Waals surface area contributed by atoms with Crippen molar-refractivity contribution in [2.24, 2.45) is 0 Å². The summed E-state index contributed by atoms with van der Waals surface area (Å²) in [6.45, 7) is 6.31. The number of carbonyl (C=O) groups is 1. The zero-order chi connectivity index (χ0) is 18.5. The number of nitrogens with one attached hydrogen (secondary N) is 1. The third-order valence-electron chi connectivity index (χ3n) is 5.91. The molecule has 4 rings (SSSR count). The van der Waals surface area contributed by atoms with Crippen molar-refractivity contribution in [2.45, 2.75) is 69.9 Å². The van der Waals surface area contributed by atoms with Gasteiger partial charge in [-0.15, -0.1) is 0 Å². The van der Waals surface area contributed by atoms with Crippen LogP contribution in [0.5, 0.6) is 0 Å². The maximum Gasteiger partial charge on any atom is 0.274 e. The van der Waals surface area contributed by atoms with E-state index in [0.717, 1.165) is 31.4 Å². The number of aromatic nitrogens is 2. The van der Waals surface area contributed by atoms with Crippen LogP contribution in [0.15, 0.2) is 30.3 Å². The molecule has 0 aliphatic carbocycles. The van der Waals surface area contributed by atoms with Crippen molar-refractivity contribution in [3.05, 3.63) is 53.1 Å². The Morgan fingerprint density at radius 1 is 1.15 bits per heavy atom. The van der Waals surface area contributed by atoms with E-state index in [0.29, 0.717) is 11.6 Å². The number of fused-ring (bicyclic) bond motifs is 2. The van der Waals surface area contributed by atoms with Crippen molar-refractivity contribution in [3.8, 4) is 0 Å². The highest BCUT2D eigenvalue weighted by Gasteiger charge is 2.44. The van der Waals surface area contributed by atoms with Gasteiger partial charge in [0.05, 0.1) is 0 Å². The lowest BCUT2D eigenvalue weighted by atomic mass is 9.85. The summed E-state index contributed by atoms with van der Waals surface area (Å²) in [6, 6.07) is 9.25. The Hall–Kier alpha value is -2.17. The molecule has 4 nitrogen and oxygen atoms in total. The largest absolute Gasteiger partial charge is 0.331 e. The van der Waals surface area contributed by atoms with Crippen molar-refractivity contribution < 1.29 is 9.18 Å². The Bertz CT molecular complexity index is 791. The fourth-order valence-corrected chi connectivity index (χ4v) is 4.46. The SMILES string of the molecule is CC(C)(C)c1cc(C(=O)N2[C@H]3CC[C@H]2CC(c2ccc(F)cc2)C3)n[nH]1. The Kier molecular flexibility index (Phi) is 4.13. The lowest BCUT2D eigenvalue weighted by Crippen LogP contribution is -2.46. The van der Waals surface area contributed by atoms with Crippen molar-refractivity contribution >= 4 is 5.91 Å². The number of rotatable bonds is 2. The quantitative estimate of drug-likeness (QED) is 0.868. The molecule has 2 fully saturated rings. The first kappa shape index (κ1) is 17.3. The highest BCUT2D eigenvalue weighted by molar-refractivity contribution is 5.93. The van der Waals surface area contributed by atoms with Crippen molar-refractivity contribution in [1.82, 2.24) is 15.1 Å². The predicted molar refractivity (Wildman–Crippen MR) is 98.6 cm³/mol. The zero-order valence-corrected chi connectivity index (χ0v) is 15.6. The van der Waals surface area contributed by atoms with Gasteiger partial charge in [-0.3, -0.25) is 9.89 Å². The summed E-state index contributed by atoms with van der Waals surface area (Å²) in [5.41, 5.74) is 2.63. The molecular weight excluding hydrogens is 329 g/mol. The van der Waals surface area contributed by atoms with Crippen LogP contribution < -0.4 is 0 Å². The minimum Gasteiger partial charge on any atom is -0.331 e. The first-order valence-electron chi connectivity index (χ1n) is 9.47. The average molecular weight is 355 g/mol. The van der Waals surface area contributed by atoms with Crippen molar-refractivity contribution in [3.63, 3.8) is 0 Å². The van der Waals surface area contributed by atoms with Crippen LogP contribution in [0.2, 0.25) is 0 Å². The van der Waals surface area contributed by atoms with E-state index in [9.17, 15) is 9.18 Å². The van der Waals surface area contributed by atoms with Crippen LogP contribution in [-0.2, 0) is 5.41 Å². The van der Waals surface area contributed by atoms with E-state index in [1.54, 1.807) is 0 Å². The molecule has 2 saturated heterocycles. The second-order valence-electron chi connectivity index (χ2n) is 8.73.